The molecule has 5 rings (SSSR count). The fourth-order valence-electron chi connectivity index (χ4n) is 4.73. The zero-order valence-electron chi connectivity index (χ0n) is 22.3. The number of hydrogen-bond donors (Lipinski definition) is 2. The Kier molecular flexibility index (Phi) is 7.38. The van der Waals surface area contributed by atoms with Crippen LogP contribution in [0.15, 0.2) is 35.4 Å². The van der Waals surface area contributed by atoms with Gasteiger partial charge in [-0.3, -0.25) is 14.3 Å². The Morgan fingerprint density at radius 2 is 2.02 bits per heavy atom. The molecule has 2 N–H and O–H groups in total. The number of alkyl halides is 3. The molecule has 1 aliphatic rings. The largest absolute Gasteiger partial charge is 0.494 e. The third-order valence-electron chi connectivity index (χ3n) is 6.77. The van der Waals surface area contributed by atoms with Crippen molar-refractivity contribution < 1.29 is 27.1 Å². The Balaban J connectivity index is 1.43. The fourth-order valence-corrected chi connectivity index (χ4v) is 4.73. The fraction of sp³-hybridized carbons (Fsp3) is 0.346. The predicted octanol–water partition coefficient (Wildman–Crippen LogP) is 2.59. The number of amides is 1. The highest BCUT2D eigenvalue weighted by molar-refractivity contribution is 5.95. The average Bonchev–Trinajstić information content (AvgIpc) is 3.55. The third-order valence-corrected chi connectivity index (χ3v) is 6.77. The lowest BCUT2D eigenvalue weighted by Gasteiger charge is -2.24. The van der Waals surface area contributed by atoms with E-state index in [9.17, 15) is 22.8 Å². The van der Waals surface area contributed by atoms with Gasteiger partial charge in [0.05, 0.1) is 36.8 Å². The minimum Gasteiger partial charge on any atom is -0.494 e. The van der Waals surface area contributed by atoms with E-state index >= 15 is 4.39 Å². The van der Waals surface area contributed by atoms with Gasteiger partial charge in [0.15, 0.2) is 17.3 Å². The second-order valence-corrected chi connectivity index (χ2v) is 9.77. The highest BCUT2D eigenvalue weighted by Crippen LogP contribution is 2.31. The summed E-state index contributed by atoms with van der Waals surface area (Å²) in [5, 5.41) is 13.7. The number of likely N-dealkylation sites (N-methyl/N-ethyl adjacent to an activating group) is 1. The predicted molar refractivity (Wildman–Crippen MR) is 137 cm³/mol. The Bertz CT molecular complexity index is 1670. The zero-order valence-corrected chi connectivity index (χ0v) is 22.3. The molecule has 0 aliphatic carbocycles. The van der Waals surface area contributed by atoms with Crippen LogP contribution in [-0.4, -0.2) is 61.3 Å². The van der Waals surface area contributed by atoms with Gasteiger partial charge in [0.1, 0.15) is 0 Å². The maximum atomic E-state index is 15.2. The number of pyridine rings is 1. The summed E-state index contributed by atoms with van der Waals surface area (Å²) in [5.74, 6) is -2.07. The van der Waals surface area contributed by atoms with Crippen LogP contribution in [0.25, 0.3) is 5.69 Å². The summed E-state index contributed by atoms with van der Waals surface area (Å²) < 4.78 is 64.1. The van der Waals surface area contributed by atoms with E-state index in [2.05, 4.69) is 30.6 Å². The number of ether oxygens (including phenoxy) is 1. The quantitative estimate of drug-likeness (QED) is 0.326. The van der Waals surface area contributed by atoms with Crippen LogP contribution in [0.3, 0.4) is 0 Å². The van der Waals surface area contributed by atoms with Crippen LogP contribution in [0.2, 0.25) is 0 Å². The topological polar surface area (TPSA) is 123 Å². The summed E-state index contributed by atoms with van der Waals surface area (Å²) in [6, 6.07) is 4.50. The van der Waals surface area contributed by atoms with Gasteiger partial charge >= 0.3 is 6.18 Å². The third kappa shape index (κ3) is 5.70. The molecular weight excluding hydrogens is 548 g/mol. The van der Waals surface area contributed by atoms with E-state index in [1.54, 1.807) is 13.0 Å². The van der Waals surface area contributed by atoms with Crippen LogP contribution >= 0.6 is 0 Å². The second kappa shape index (κ2) is 10.8. The number of fused-ring (bicyclic) bond motifs is 1. The van der Waals surface area contributed by atoms with Gasteiger partial charge in [0.25, 0.3) is 11.5 Å². The summed E-state index contributed by atoms with van der Waals surface area (Å²) in [5.41, 5.74) is -0.0889. The van der Waals surface area contributed by atoms with Crippen LogP contribution in [0.4, 0.5) is 17.6 Å². The number of aromatic nitrogens is 6. The smallest absolute Gasteiger partial charge is 0.435 e. The first-order chi connectivity index (χ1) is 19.4. The van der Waals surface area contributed by atoms with Crippen molar-refractivity contribution in [2.45, 2.75) is 39.2 Å². The van der Waals surface area contributed by atoms with Crippen LogP contribution in [0.1, 0.15) is 44.1 Å². The average molecular weight is 575 g/mol. The van der Waals surface area contributed by atoms with Gasteiger partial charge in [0.2, 0.25) is 0 Å². The summed E-state index contributed by atoms with van der Waals surface area (Å²) in [6.45, 7) is 2.25. The van der Waals surface area contributed by atoms with Crippen LogP contribution in [0, 0.1) is 12.7 Å². The van der Waals surface area contributed by atoms with E-state index in [1.165, 1.54) is 30.1 Å². The number of H-pyrrole nitrogens is 1. The minimum atomic E-state index is -4.96. The normalized spacial score (nSPS) is 13.7. The minimum absolute atomic E-state index is 0.0749. The van der Waals surface area contributed by atoms with Crippen molar-refractivity contribution in [1.29, 1.82) is 0 Å². The van der Waals surface area contributed by atoms with E-state index < -0.39 is 41.3 Å². The Labute approximate surface area is 230 Å². The monoisotopic (exact) mass is 574 g/mol. The molecule has 0 fully saturated rings. The van der Waals surface area contributed by atoms with Gasteiger partial charge in [-0.1, -0.05) is 5.21 Å². The number of nitrogens with one attached hydrogen (secondary N) is 2. The molecule has 11 nitrogen and oxygen atoms in total. The lowest BCUT2D eigenvalue weighted by molar-refractivity contribution is -0.141. The molecule has 0 saturated heterocycles. The molecule has 4 heterocycles. The SMILES string of the molecule is COc1ccc(-n2cc(C)nn2)c(CNC(=O)c2cn(Cc3cc4c([nH]c3=O)CCN(C)C4)nc2C(F)(F)F)c1F. The van der Waals surface area contributed by atoms with E-state index in [1.807, 2.05) is 7.05 Å². The number of carbonyl (C=O) groups is 1. The lowest BCUT2D eigenvalue weighted by atomic mass is 10.0. The lowest BCUT2D eigenvalue weighted by Crippen LogP contribution is -2.30. The molecule has 4 aromatic rings. The number of nitrogens with zero attached hydrogens (tertiary/aromatic N) is 6. The molecule has 41 heavy (non-hydrogen) atoms. The van der Waals surface area contributed by atoms with Crippen molar-refractivity contribution in [2.24, 2.45) is 0 Å². The van der Waals surface area contributed by atoms with E-state index in [0.717, 1.165) is 28.7 Å². The molecule has 0 saturated carbocycles. The van der Waals surface area contributed by atoms with Gasteiger partial charge in [-0.05, 0) is 37.7 Å². The van der Waals surface area contributed by atoms with Crippen molar-refractivity contribution in [2.75, 3.05) is 20.7 Å². The van der Waals surface area contributed by atoms with Crippen LogP contribution < -0.4 is 15.6 Å². The van der Waals surface area contributed by atoms with Crippen LogP contribution in [-0.2, 0) is 32.2 Å². The Morgan fingerprint density at radius 3 is 2.71 bits per heavy atom. The number of aryl methyl sites for hydroxylation is 1. The van der Waals surface area contributed by atoms with Gasteiger partial charge < -0.3 is 19.9 Å². The van der Waals surface area contributed by atoms with Gasteiger partial charge in [-0.2, -0.15) is 18.3 Å². The van der Waals surface area contributed by atoms with E-state index in [-0.39, 0.29) is 29.1 Å². The summed E-state index contributed by atoms with van der Waals surface area (Å²) in [7, 11) is 3.19. The van der Waals surface area contributed by atoms with Crippen molar-refractivity contribution in [3.8, 4) is 11.4 Å². The maximum absolute atomic E-state index is 15.2. The molecule has 0 spiro atoms. The number of halogens is 4. The first-order valence-electron chi connectivity index (χ1n) is 12.5. The first kappa shape index (κ1) is 28.0. The van der Waals surface area contributed by atoms with E-state index in [4.69, 9.17) is 4.74 Å². The molecule has 0 bridgehead atoms. The second-order valence-electron chi connectivity index (χ2n) is 9.77. The number of aromatic amines is 1. The maximum Gasteiger partial charge on any atom is 0.435 e. The molecule has 15 heteroatoms. The van der Waals surface area contributed by atoms with E-state index in [0.29, 0.717) is 18.7 Å². The Hall–Kier alpha value is -4.53. The summed E-state index contributed by atoms with van der Waals surface area (Å²) >= 11 is 0. The molecular formula is C26H26F4N8O3. The van der Waals surface area contributed by atoms with Crippen molar-refractivity contribution in [1.82, 2.24) is 40.0 Å². The molecule has 0 atom stereocenters. The van der Waals surface area contributed by atoms with Gasteiger partial charge in [-0.25, -0.2) is 9.07 Å². The van der Waals surface area contributed by atoms with Crippen LogP contribution in [0.5, 0.6) is 5.75 Å². The van der Waals surface area contributed by atoms with Crippen molar-refractivity contribution >= 4 is 5.91 Å². The molecule has 0 unspecified atom stereocenters. The van der Waals surface area contributed by atoms with Crippen molar-refractivity contribution in [3.63, 3.8) is 0 Å². The standard InChI is InChI=1S/C26H26F4N8O3/c1-14-10-38(35-33-14)20-4-5-21(41-3)22(27)17(20)9-31-25(40)18-13-37(34-23(18)26(28,29)30)12-16-8-15-11-36(2)7-6-19(15)32-24(16)39/h4-5,8,10,13H,6-7,9,11-12H2,1-3H3,(H,31,40)(H,32,39). The summed E-state index contributed by atoms with van der Waals surface area (Å²) in [6.07, 6.45) is -1.86. The molecule has 0 radical (unpaired) electrons. The highest BCUT2D eigenvalue weighted by atomic mass is 19.4. The zero-order chi connectivity index (χ0) is 29.5. The van der Waals surface area contributed by atoms with Gasteiger partial charge in [-0.15, -0.1) is 5.10 Å². The summed E-state index contributed by atoms with van der Waals surface area (Å²) in [4.78, 5) is 30.5. The molecule has 216 valence electrons. The highest BCUT2D eigenvalue weighted by Gasteiger charge is 2.39. The molecule has 1 aromatic carbocycles. The van der Waals surface area contributed by atoms with Gasteiger partial charge in [0, 0.05) is 49.1 Å². The number of rotatable bonds is 7. The molecule has 1 aliphatic heterocycles. The number of hydrogen-bond acceptors (Lipinski definition) is 7. The first-order valence-corrected chi connectivity index (χ1v) is 12.5. The molecule has 1 amide bonds. The number of carbonyl (C=O) groups excluding carboxylic acids is 1. The van der Waals surface area contributed by atoms with Crippen molar-refractivity contribution in [3.05, 3.63) is 86.1 Å². The number of benzene rings is 1. The Morgan fingerprint density at radius 1 is 1.24 bits per heavy atom. The molecule has 3 aromatic heterocycles. The number of methoxy groups -OCH3 is 1.